The third-order valence-corrected chi connectivity index (χ3v) is 4.17. The molecule has 1 aromatic heterocycles. The number of nitrogens with zero attached hydrogens (tertiary/aromatic N) is 1. The Balaban J connectivity index is 2.15. The van der Waals surface area contributed by atoms with E-state index in [4.69, 9.17) is 17.3 Å². The topological polar surface area (TPSA) is 29.3 Å². The minimum Gasteiger partial charge on any atom is -0.330 e. The third-order valence-electron chi connectivity index (χ3n) is 2.95. The molecule has 2 nitrogen and oxygen atoms in total. The highest BCUT2D eigenvalue weighted by Crippen LogP contribution is 2.22. The van der Waals surface area contributed by atoms with Gasteiger partial charge in [0.1, 0.15) is 0 Å². The maximum absolute atomic E-state index is 5.91. The zero-order valence-corrected chi connectivity index (χ0v) is 12.4. The SMILES string of the molecule is CC(CCN)CCCN(C)Cc1ccc(Cl)s1. The van der Waals surface area contributed by atoms with Crippen LogP contribution in [0.15, 0.2) is 12.1 Å². The highest BCUT2D eigenvalue weighted by atomic mass is 35.5. The summed E-state index contributed by atoms with van der Waals surface area (Å²) in [4.78, 5) is 3.70. The molecule has 2 N–H and O–H groups in total. The molecular formula is C13H23ClN2S. The van der Waals surface area contributed by atoms with Gasteiger partial charge in [-0.05, 0) is 57.5 Å². The summed E-state index contributed by atoms with van der Waals surface area (Å²) in [6.45, 7) is 5.24. The van der Waals surface area contributed by atoms with E-state index in [9.17, 15) is 0 Å². The van der Waals surface area contributed by atoms with E-state index >= 15 is 0 Å². The molecule has 0 aliphatic heterocycles. The van der Waals surface area contributed by atoms with Gasteiger partial charge >= 0.3 is 0 Å². The summed E-state index contributed by atoms with van der Waals surface area (Å²) >= 11 is 7.58. The lowest BCUT2D eigenvalue weighted by molar-refractivity contribution is 0.308. The van der Waals surface area contributed by atoms with Crippen LogP contribution >= 0.6 is 22.9 Å². The Kier molecular flexibility index (Phi) is 7.12. The second-order valence-electron chi connectivity index (χ2n) is 4.77. The van der Waals surface area contributed by atoms with Crippen LogP contribution in [-0.2, 0) is 6.54 Å². The van der Waals surface area contributed by atoms with E-state index in [2.05, 4.69) is 24.9 Å². The Hall–Kier alpha value is -0.0900. The van der Waals surface area contributed by atoms with Gasteiger partial charge in [0.25, 0.3) is 0 Å². The molecule has 0 aromatic carbocycles. The second-order valence-corrected chi connectivity index (χ2v) is 6.57. The van der Waals surface area contributed by atoms with Gasteiger partial charge in [-0.15, -0.1) is 11.3 Å². The van der Waals surface area contributed by atoms with E-state index < -0.39 is 0 Å². The van der Waals surface area contributed by atoms with Crippen LogP contribution in [0.1, 0.15) is 31.1 Å². The normalized spacial score (nSPS) is 13.2. The van der Waals surface area contributed by atoms with Crippen LogP contribution in [0.4, 0.5) is 0 Å². The molecule has 1 heterocycles. The van der Waals surface area contributed by atoms with Crippen LogP contribution in [0, 0.1) is 5.92 Å². The summed E-state index contributed by atoms with van der Waals surface area (Å²) < 4.78 is 0.880. The van der Waals surface area contributed by atoms with Crippen LogP contribution in [0.3, 0.4) is 0 Å². The maximum atomic E-state index is 5.91. The fraction of sp³-hybridized carbons (Fsp3) is 0.692. The first kappa shape index (κ1) is 15.0. The average Bonchev–Trinajstić information content (AvgIpc) is 2.64. The number of hydrogen-bond acceptors (Lipinski definition) is 3. The second kappa shape index (κ2) is 8.09. The number of rotatable bonds is 8. The van der Waals surface area contributed by atoms with Gasteiger partial charge < -0.3 is 10.6 Å². The summed E-state index contributed by atoms with van der Waals surface area (Å²) in [5.41, 5.74) is 5.54. The van der Waals surface area contributed by atoms with Crippen molar-refractivity contribution in [1.82, 2.24) is 4.90 Å². The molecule has 1 unspecified atom stereocenters. The Morgan fingerprint density at radius 2 is 2.18 bits per heavy atom. The predicted molar refractivity (Wildman–Crippen MR) is 77.7 cm³/mol. The number of nitrogens with two attached hydrogens (primary N) is 1. The van der Waals surface area contributed by atoms with E-state index in [0.717, 1.165) is 36.3 Å². The van der Waals surface area contributed by atoms with Crippen molar-refractivity contribution in [1.29, 1.82) is 0 Å². The summed E-state index contributed by atoms with van der Waals surface area (Å²) in [6, 6.07) is 4.08. The average molecular weight is 275 g/mol. The summed E-state index contributed by atoms with van der Waals surface area (Å²) in [7, 11) is 2.17. The van der Waals surface area contributed by atoms with Crippen molar-refractivity contribution in [3.05, 3.63) is 21.3 Å². The molecule has 1 aromatic rings. The lowest BCUT2D eigenvalue weighted by Crippen LogP contribution is -2.19. The molecule has 1 atom stereocenters. The van der Waals surface area contributed by atoms with Crippen molar-refractivity contribution in [3.8, 4) is 0 Å². The zero-order valence-electron chi connectivity index (χ0n) is 10.8. The minimum absolute atomic E-state index is 0.754. The predicted octanol–water partition coefficient (Wildman–Crippen LogP) is 3.60. The molecule has 4 heteroatoms. The van der Waals surface area contributed by atoms with Gasteiger partial charge in [-0.1, -0.05) is 18.5 Å². The lowest BCUT2D eigenvalue weighted by atomic mass is 10.0. The Labute approximate surface area is 114 Å². The largest absolute Gasteiger partial charge is 0.330 e. The Morgan fingerprint density at radius 3 is 2.76 bits per heavy atom. The molecule has 0 amide bonds. The summed E-state index contributed by atoms with van der Waals surface area (Å²) in [6.07, 6.45) is 3.66. The van der Waals surface area contributed by atoms with Crippen LogP contribution < -0.4 is 5.73 Å². The molecule has 0 radical (unpaired) electrons. The van der Waals surface area contributed by atoms with Gasteiger partial charge in [-0.3, -0.25) is 0 Å². The van der Waals surface area contributed by atoms with Gasteiger partial charge in [-0.25, -0.2) is 0 Å². The molecule has 0 fully saturated rings. The van der Waals surface area contributed by atoms with Gasteiger partial charge in [0.2, 0.25) is 0 Å². The Bertz CT molecular complexity index is 314. The van der Waals surface area contributed by atoms with E-state index in [-0.39, 0.29) is 0 Å². The van der Waals surface area contributed by atoms with Crippen molar-refractivity contribution < 1.29 is 0 Å². The third kappa shape index (κ3) is 6.41. The summed E-state index contributed by atoms with van der Waals surface area (Å²) in [5, 5.41) is 0. The lowest BCUT2D eigenvalue weighted by Gasteiger charge is -2.17. The van der Waals surface area contributed by atoms with Crippen molar-refractivity contribution in [2.24, 2.45) is 11.7 Å². The molecule has 0 spiro atoms. The molecule has 0 saturated heterocycles. The first-order chi connectivity index (χ1) is 8.11. The smallest absolute Gasteiger partial charge is 0.0931 e. The molecule has 0 aliphatic carbocycles. The van der Waals surface area contributed by atoms with Crippen LogP contribution in [-0.4, -0.2) is 25.0 Å². The molecule has 1 rings (SSSR count). The van der Waals surface area contributed by atoms with E-state index in [1.165, 1.54) is 17.7 Å². The van der Waals surface area contributed by atoms with Gasteiger partial charge in [0, 0.05) is 11.4 Å². The van der Waals surface area contributed by atoms with Crippen molar-refractivity contribution >= 4 is 22.9 Å². The van der Waals surface area contributed by atoms with E-state index in [1.807, 2.05) is 6.07 Å². The quantitative estimate of drug-likeness (QED) is 0.785. The van der Waals surface area contributed by atoms with Gasteiger partial charge in [-0.2, -0.15) is 0 Å². The minimum atomic E-state index is 0.754. The maximum Gasteiger partial charge on any atom is 0.0931 e. The molecule has 98 valence electrons. The van der Waals surface area contributed by atoms with Crippen LogP contribution in [0.2, 0.25) is 4.34 Å². The standard InChI is InChI=1S/C13H23ClN2S/c1-11(7-8-15)4-3-9-16(2)10-12-5-6-13(14)17-12/h5-6,11H,3-4,7-10,15H2,1-2H3. The zero-order chi connectivity index (χ0) is 12.7. The number of halogens is 1. The molecule has 0 aliphatic rings. The summed E-state index contributed by atoms with van der Waals surface area (Å²) in [5.74, 6) is 0.754. The van der Waals surface area contributed by atoms with Crippen molar-refractivity contribution in [2.75, 3.05) is 20.1 Å². The van der Waals surface area contributed by atoms with Crippen LogP contribution in [0.5, 0.6) is 0 Å². The fourth-order valence-corrected chi connectivity index (χ4v) is 3.09. The van der Waals surface area contributed by atoms with Gasteiger partial charge in [0.15, 0.2) is 0 Å². The van der Waals surface area contributed by atoms with Crippen LogP contribution in [0.25, 0.3) is 0 Å². The Morgan fingerprint density at radius 1 is 1.41 bits per heavy atom. The molecule has 17 heavy (non-hydrogen) atoms. The molecular weight excluding hydrogens is 252 g/mol. The fourth-order valence-electron chi connectivity index (χ4n) is 1.92. The van der Waals surface area contributed by atoms with E-state index in [0.29, 0.717) is 0 Å². The molecule has 0 saturated carbocycles. The molecule has 0 bridgehead atoms. The monoisotopic (exact) mass is 274 g/mol. The van der Waals surface area contributed by atoms with E-state index in [1.54, 1.807) is 11.3 Å². The first-order valence-corrected chi connectivity index (χ1v) is 7.44. The van der Waals surface area contributed by atoms with Crippen molar-refractivity contribution in [3.63, 3.8) is 0 Å². The number of thiophene rings is 1. The highest BCUT2D eigenvalue weighted by Gasteiger charge is 2.05. The highest BCUT2D eigenvalue weighted by molar-refractivity contribution is 7.16. The van der Waals surface area contributed by atoms with Crippen molar-refractivity contribution in [2.45, 2.75) is 32.7 Å². The first-order valence-electron chi connectivity index (χ1n) is 6.24. The number of hydrogen-bond donors (Lipinski definition) is 1. The van der Waals surface area contributed by atoms with Gasteiger partial charge in [0.05, 0.1) is 4.34 Å².